The molecule has 35 heavy (non-hydrogen) atoms. The molecule has 0 atom stereocenters. The van der Waals surface area contributed by atoms with E-state index in [1.54, 1.807) is 16.7 Å². The first-order valence-electron chi connectivity index (χ1n) is 10.5. The van der Waals surface area contributed by atoms with Crippen molar-refractivity contribution < 1.29 is 19.2 Å². The van der Waals surface area contributed by atoms with E-state index < -0.39 is 16.8 Å². The number of nitro groups is 1. The topological polar surface area (TPSA) is 136 Å². The maximum atomic E-state index is 12.7. The van der Waals surface area contributed by atoms with Crippen LogP contribution < -0.4 is 11.0 Å². The molecule has 0 aliphatic rings. The molecule has 4 rings (SSSR count). The van der Waals surface area contributed by atoms with Crippen LogP contribution in [0.4, 0.5) is 11.4 Å². The minimum Gasteiger partial charge on any atom is -0.462 e. The molecular weight excluding hydrogens is 476 g/mol. The molecule has 0 saturated carbocycles. The number of aromatic amines is 1. The fourth-order valence-corrected chi connectivity index (χ4v) is 3.82. The number of imidazole rings is 1. The summed E-state index contributed by atoms with van der Waals surface area (Å²) in [6.45, 7) is 0.411. The van der Waals surface area contributed by atoms with Crippen molar-refractivity contribution in [3.8, 4) is 0 Å². The molecule has 0 bridgehead atoms. The van der Waals surface area contributed by atoms with Gasteiger partial charge in [0, 0.05) is 18.7 Å². The number of aromatic nitrogens is 2. The first-order chi connectivity index (χ1) is 16.8. The van der Waals surface area contributed by atoms with Crippen LogP contribution in [0, 0.1) is 10.1 Å². The van der Waals surface area contributed by atoms with E-state index in [4.69, 9.17) is 16.3 Å². The zero-order valence-corrected chi connectivity index (χ0v) is 18.9. The Morgan fingerprint density at radius 1 is 1.06 bits per heavy atom. The molecule has 1 heterocycles. The Bertz CT molecular complexity index is 1490. The summed E-state index contributed by atoms with van der Waals surface area (Å²) in [5.74, 6) is -1.29. The summed E-state index contributed by atoms with van der Waals surface area (Å²) >= 11 is 6.03. The number of H-pyrrole nitrogens is 1. The van der Waals surface area contributed by atoms with Crippen molar-refractivity contribution in [1.29, 1.82) is 0 Å². The molecule has 10 nitrogen and oxygen atoms in total. The molecule has 0 aliphatic carbocycles. The number of ether oxygens (including phenoxy) is 1. The van der Waals surface area contributed by atoms with Gasteiger partial charge in [0.2, 0.25) is 0 Å². The molecule has 1 amide bonds. The Hall–Kier alpha value is -4.44. The van der Waals surface area contributed by atoms with E-state index >= 15 is 0 Å². The third-order valence-electron chi connectivity index (χ3n) is 5.24. The van der Waals surface area contributed by atoms with Crippen molar-refractivity contribution in [3.05, 3.63) is 103 Å². The molecule has 4 aromatic rings. The second-order valence-corrected chi connectivity index (χ2v) is 7.92. The molecule has 0 unspecified atom stereocenters. The minimum atomic E-state index is -0.651. The predicted octanol–water partition coefficient (Wildman–Crippen LogP) is 4.39. The molecule has 2 N–H and O–H groups in total. The Kier molecular flexibility index (Phi) is 6.93. The van der Waals surface area contributed by atoms with Gasteiger partial charge in [-0.2, -0.15) is 0 Å². The van der Waals surface area contributed by atoms with Crippen LogP contribution in [0.1, 0.15) is 27.1 Å². The molecule has 1 aromatic heterocycles. The predicted molar refractivity (Wildman–Crippen MR) is 130 cm³/mol. The van der Waals surface area contributed by atoms with Crippen molar-refractivity contribution in [2.75, 3.05) is 11.9 Å². The summed E-state index contributed by atoms with van der Waals surface area (Å²) in [6, 6.07) is 17.1. The summed E-state index contributed by atoms with van der Waals surface area (Å²) in [6.07, 6.45) is 0.403. The van der Waals surface area contributed by atoms with Crippen LogP contribution in [0.2, 0.25) is 5.02 Å². The number of fused-ring (bicyclic) bond motifs is 1. The number of hydrogen-bond donors (Lipinski definition) is 2. The summed E-state index contributed by atoms with van der Waals surface area (Å²) in [4.78, 5) is 50.5. The van der Waals surface area contributed by atoms with Gasteiger partial charge in [0.1, 0.15) is 0 Å². The molecular formula is C24H19ClN4O6. The number of nitrogens with one attached hydrogen (secondary N) is 2. The molecule has 11 heteroatoms. The van der Waals surface area contributed by atoms with Crippen molar-refractivity contribution in [1.82, 2.24) is 9.55 Å². The number of aryl methyl sites for hydroxylation is 1. The van der Waals surface area contributed by atoms with Crippen molar-refractivity contribution in [3.63, 3.8) is 0 Å². The lowest BCUT2D eigenvalue weighted by Gasteiger charge is -2.12. The third-order valence-corrected chi connectivity index (χ3v) is 5.56. The number of non-ortho nitro benzene ring substituents is 1. The Morgan fingerprint density at radius 2 is 1.80 bits per heavy atom. The number of esters is 1. The summed E-state index contributed by atoms with van der Waals surface area (Å²) < 4.78 is 6.93. The smallest absolute Gasteiger partial charge is 0.340 e. The molecule has 0 saturated heterocycles. The maximum absolute atomic E-state index is 12.7. The number of nitro benzene ring substituents is 1. The van der Waals surface area contributed by atoms with E-state index in [0.717, 1.165) is 17.1 Å². The zero-order chi connectivity index (χ0) is 24.9. The number of carbonyl (C=O) groups excluding carboxylic acids is 2. The van der Waals surface area contributed by atoms with E-state index in [2.05, 4.69) is 10.3 Å². The first kappa shape index (κ1) is 23.7. The lowest BCUT2D eigenvalue weighted by Crippen LogP contribution is -2.19. The largest absolute Gasteiger partial charge is 0.462 e. The molecule has 0 radical (unpaired) electrons. The van der Waals surface area contributed by atoms with E-state index in [-0.39, 0.29) is 39.8 Å². The van der Waals surface area contributed by atoms with E-state index in [1.807, 2.05) is 24.3 Å². The van der Waals surface area contributed by atoms with Crippen LogP contribution in [0.25, 0.3) is 11.0 Å². The van der Waals surface area contributed by atoms with Crippen LogP contribution >= 0.6 is 11.6 Å². The molecule has 0 aliphatic heterocycles. The van der Waals surface area contributed by atoms with E-state index in [0.29, 0.717) is 13.0 Å². The summed E-state index contributed by atoms with van der Waals surface area (Å²) in [7, 11) is 0. The van der Waals surface area contributed by atoms with Gasteiger partial charge in [-0.3, -0.25) is 19.5 Å². The van der Waals surface area contributed by atoms with Crippen LogP contribution in [-0.4, -0.2) is 33.0 Å². The van der Waals surface area contributed by atoms with Gasteiger partial charge in [-0.15, -0.1) is 0 Å². The number of hydrogen-bond acceptors (Lipinski definition) is 6. The van der Waals surface area contributed by atoms with E-state index in [9.17, 15) is 24.5 Å². The van der Waals surface area contributed by atoms with E-state index in [1.165, 1.54) is 24.3 Å². The second-order valence-electron chi connectivity index (χ2n) is 7.51. The highest BCUT2D eigenvalue weighted by atomic mass is 35.5. The van der Waals surface area contributed by atoms with Crippen molar-refractivity contribution in [2.45, 2.75) is 13.0 Å². The van der Waals surface area contributed by atoms with Crippen LogP contribution in [0.5, 0.6) is 0 Å². The number of amides is 1. The first-order valence-corrected chi connectivity index (χ1v) is 10.9. The number of anilines is 1. The van der Waals surface area contributed by atoms with Gasteiger partial charge < -0.3 is 15.0 Å². The van der Waals surface area contributed by atoms with Gasteiger partial charge in [0.15, 0.2) is 0 Å². The van der Waals surface area contributed by atoms with Crippen molar-refractivity contribution >= 4 is 45.9 Å². The fourth-order valence-electron chi connectivity index (χ4n) is 3.56. The number of halogens is 1. The van der Waals surface area contributed by atoms with Gasteiger partial charge in [0.05, 0.1) is 44.4 Å². The van der Waals surface area contributed by atoms with Crippen LogP contribution in [0.15, 0.2) is 71.5 Å². The quantitative estimate of drug-likeness (QED) is 0.161. The number of carbonyl (C=O) groups is 2. The Morgan fingerprint density at radius 3 is 2.57 bits per heavy atom. The number of nitrogens with zero attached hydrogens (tertiary/aromatic N) is 2. The average Bonchev–Trinajstić information content (AvgIpc) is 3.16. The van der Waals surface area contributed by atoms with Gasteiger partial charge in [0.25, 0.3) is 11.6 Å². The highest BCUT2D eigenvalue weighted by Crippen LogP contribution is 2.24. The lowest BCUT2D eigenvalue weighted by atomic mass is 10.1. The van der Waals surface area contributed by atoms with Gasteiger partial charge in [-0.05, 0) is 36.8 Å². The molecule has 178 valence electrons. The Balaban J connectivity index is 1.40. The molecule has 0 spiro atoms. The number of para-hydroxylation sites is 3. The monoisotopic (exact) mass is 494 g/mol. The Labute approximate surface area is 203 Å². The van der Waals surface area contributed by atoms with Crippen molar-refractivity contribution in [2.24, 2.45) is 0 Å². The molecule has 0 fully saturated rings. The van der Waals surface area contributed by atoms with Gasteiger partial charge in [-0.25, -0.2) is 9.59 Å². The number of benzene rings is 3. The highest BCUT2D eigenvalue weighted by molar-refractivity contribution is 6.34. The van der Waals surface area contributed by atoms with Crippen LogP contribution in [0.3, 0.4) is 0 Å². The SMILES string of the molecule is O=C(Nc1ccccc1C(=O)OCCCn1c(=O)[nH]c2ccccc21)c1ccc([N+](=O)[O-])cc1Cl. The summed E-state index contributed by atoms with van der Waals surface area (Å²) in [5, 5.41) is 13.4. The third kappa shape index (κ3) is 5.22. The second kappa shape index (κ2) is 10.2. The maximum Gasteiger partial charge on any atom is 0.340 e. The van der Waals surface area contributed by atoms with Gasteiger partial charge >= 0.3 is 11.7 Å². The van der Waals surface area contributed by atoms with Gasteiger partial charge in [-0.1, -0.05) is 35.9 Å². The molecule has 3 aromatic carbocycles. The highest BCUT2D eigenvalue weighted by Gasteiger charge is 2.18. The normalized spacial score (nSPS) is 10.8. The van der Waals surface area contributed by atoms with Crippen LogP contribution in [-0.2, 0) is 11.3 Å². The lowest BCUT2D eigenvalue weighted by molar-refractivity contribution is -0.384. The fraction of sp³-hybridized carbons (Fsp3) is 0.125. The summed E-state index contributed by atoms with van der Waals surface area (Å²) in [5.41, 5.74) is 1.35. The minimum absolute atomic E-state index is 0.0182. The zero-order valence-electron chi connectivity index (χ0n) is 18.2. The standard InChI is InChI=1S/C24H19ClN4O6/c25-18-14-15(29(33)34)10-11-16(18)22(30)26-19-7-2-1-6-17(19)23(31)35-13-5-12-28-21-9-4-3-8-20(21)27-24(28)32/h1-4,6-11,14H,5,12-13H2,(H,26,30)(H,27,32). The number of rotatable bonds is 8. The average molecular weight is 495 g/mol.